The van der Waals surface area contributed by atoms with Crippen LogP contribution in [0.25, 0.3) is 0 Å². The van der Waals surface area contributed by atoms with Crippen LogP contribution in [0.4, 0.5) is 4.39 Å². The number of nitrogens with one attached hydrogen (secondary N) is 1. The van der Waals surface area contributed by atoms with Crippen LogP contribution in [0.15, 0.2) is 23.1 Å². The first-order chi connectivity index (χ1) is 8.36. The van der Waals surface area contributed by atoms with Gasteiger partial charge in [0.15, 0.2) is 0 Å². The average Bonchev–Trinajstić information content (AvgIpc) is 2.30. The van der Waals surface area contributed by atoms with E-state index in [1.807, 2.05) is 0 Å². The normalized spacial score (nSPS) is 13.6. The maximum absolute atomic E-state index is 13.0. The van der Waals surface area contributed by atoms with E-state index in [1.165, 1.54) is 13.2 Å². The Morgan fingerprint density at radius 3 is 2.78 bits per heavy atom. The summed E-state index contributed by atoms with van der Waals surface area (Å²) >= 11 is 11.5. The maximum atomic E-state index is 13.0. The fraction of sp³-hybridized carbons (Fsp3) is 0.400. The van der Waals surface area contributed by atoms with E-state index in [0.29, 0.717) is 0 Å². The minimum atomic E-state index is -3.89. The molecule has 0 heterocycles. The molecule has 0 aliphatic heterocycles. The summed E-state index contributed by atoms with van der Waals surface area (Å²) in [5, 5.41) is -0.570. The Balaban J connectivity index is 2.83. The fourth-order valence-electron chi connectivity index (χ4n) is 1.20. The molecule has 0 aliphatic rings. The van der Waals surface area contributed by atoms with Gasteiger partial charge >= 0.3 is 0 Å². The monoisotopic (exact) mass is 315 g/mol. The first-order valence-electron chi connectivity index (χ1n) is 4.94. The largest absolute Gasteiger partial charge is 0.383 e. The van der Waals surface area contributed by atoms with E-state index < -0.39 is 21.2 Å². The molecule has 8 heteroatoms. The van der Waals surface area contributed by atoms with Crippen molar-refractivity contribution in [3.05, 3.63) is 29.0 Å². The lowest BCUT2D eigenvalue weighted by molar-refractivity contribution is 0.198. The van der Waals surface area contributed by atoms with Gasteiger partial charge < -0.3 is 4.74 Å². The van der Waals surface area contributed by atoms with Crippen LogP contribution in [0.3, 0.4) is 0 Å². The lowest BCUT2D eigenvalue weighted by Gasteiger charge is -2.11. The third-order valence-electron chi connectivity index (χ3n) is 2.03. The SMILES string of the molecule is COCC(Cl)CNS(=O)(=O)c1cc(F)ccc1Cl. The highest BCUT2D eigenvalue weighted by Crippen LogP contribution is 2.21. The Bertz CT molecular complexity index is 510. The molecule has 4 nitrogen and oxygen atoms in total. The first kappa shape index (κ1) is 15.7. The molecule has 0 radical (unpaired) electrons. The molecular formula is C10H12Cl2FNO3S. The Hall–Kier alpha value is -0.400. The molecule has 0 aromatic heterocycles. The molecule has 1 aromatic carbocycles. The van der Waals surface area contributed by atoms with Crippen LogP contribution < -0.4 is 4.72 Å². The first-order valence-corrected chi connectivity index (χ1v) is 7.24. The molecule has 0 fully saturated rings. The van der Waals surface area contributed by atoms with Crippen LogP contribution in [0.1, 0.15) is 0 Å². The minimum Gasteiger partial charge on any atom is -0.383 e. The van der Waals surface area contributed by atoms with Crippen LogP contribution in [0, 0.1) is 5.82 Å². The highest BCUT2D eigenvalue weighted by Gasteiger charge is 2.19. The van der Waals surface area contributed by atoms with Crippen molar-refractivity contribution in [2.45, 2.75) is 10.3 Å². The summed E-state index contributed by atoms with van der Waals surface area (Å²) in [6.45, 7) is 0.158. The number of hydrogen-bond acceptors (Lipinski definition) is 3. The van der Waals surface area contributed by atoms with Gasteiger partial charge in [0.2, 0.25) is 10.0 Å². The smallest absolute Gasteiger partial charge is 0.242 e. The van der Waals surface area contributed by atoms with E-state index in [4.69, 9.17) is 27.9 Å². The average molecular weight is 316 g/mol. The Morgan fingerprint density at radius 1 is 1.50 bits per heavy atom. The molecular weight excluding hydrogens is 304 g/mol. The molecule has 0 saturated heterocycles. The summed E-state index contributed by atoms with van der Waals surface area (Å²) in [6, 6.07) is 3.11. The number of rotatable bonds is 6. The van der Waals surface area contributed by atoms with Crippen molar-refractivity contribution in [1.82, 2.24) is 4.72 Å². The third kappa shape index (κ3) is 4.37. The molecule has 0 aliphatic carbocycles. The summed E-state index contributed by atoms with van der Waals surface area (Å²) in [6.07, 6.45) is 0. The van der Waals surface area contributed by atoms with Crippen LogP contribution >= 0.6 is 23.2 Å². The van der Waals surface area contributed by atoms with Crippen molar-refractivity contribution in [3.8, 4) is 0 Å². The van der Waals surface area contributed by atoms with Gasteiger partial charge in [0.25, 0.3) is 0 Å². The standard InChI is InChI=1S/C10H12Cl2FNO3S/c1-17-6-7(11)5-14-18(15,16)10-4-8(13)2-3-9(10)12/h2-4,7,14H,5-6H2,1H3. The highest BCUT2D eigenvalue weighted by atomic mass is 35.5. The van der Waals surface area contributed by atoms with Crippen LogP contribution in [0.2, 0.25) is 5.02 Å². The second-order valence-corrected chi connectivity index (χ2v) is 6.24. The Morgan fingerprint density at radius 2 is 2.17 bits per heavy atom. The predicted octanol–water partition coefficient (Wildman–Crippen LogP) is 2.01. The van der Waals surface area contributed by atoms with Gasteiger partial charge in [0.05, 0.1) is 17.0 Å². The van der Waals surface area contributed by atoms with Gasteiger partial charge in [0.1, 0.15) is 10.7 Å². The topological polar surface area (TPSA) is 55.4 Å². The van der Waals surface area contributed by atoms with Crippen LogP contribution in [-0.2, 0) is 14.8 Å². The van der Waals surface area contributed by atoms with Gasteiger partial charge in [-0.1, -0.05) is 11.6 Å². The molecule has 0 saturated carbocycles. The molecule has 102 valence electrons. The molecule has 18 heavy (non-hydrogen) atoms. The van der Waals surface area contributed by atoms with E-state index in [9.17, 15) is 12.8 Å². The molecule has 1 rings (SSSR count). The van der Waals surface area contributed by atoms with E-state index >= 15 is 0 Å². The lowest BCUT2D eigenvalue weighted by atomic mass is 10.3. The molecule has 1 N–H and O–H groups in total. The van der Waals surface area contributed by atoms with Crippen LogP contribution in [0.5, 0.6) is 0 Å². The van der Waals surface area contributed by atoms with Crippen molar-refractivity contribution >= 4 is 33.2 Å². The van der Waals surface area contributed by atoms with E-state index in [-0.39, 0.29) is 23.1 Å². The number of benzene rings is 1. The van der Waals surface area contributed by atoms with Crippen molar-refractivity contribution < 1.29 is 17.5 Å². The fourth-order valence-corrected chi connectivity index (χ4v) is 3.09. The van der Waals surface area contributed by atoms with Gasteiger partial charge in [-0.25, -0.2) is 17.5 Å². The minimum absolute atomic E-state index is 0.0371. The quantitative estimate of drug-likeness (QED) is 0.817. The van der Waals surface area contributed by atoms with Gasteiger partial charge in [-0.05, 0) is 18.2 Å². The number of hydrogen-bond donors (Lipinski definition) is 1. The zero-order valence-corrected chi connectivity index (χ0v) is 11.8. The maximum Gasteiger partial charge on any atom is 0.242 e. The zero-order valence-electron chi connectivity index (χ0n) is 9.49. The third-order valence-corrected chi connectivity index (χ3v) is 4.21. The summed E-state index contributed by atoms with van der Waals surface area (Å²) in [5.74, 6) is -0.681. The van der Waals surface area contributed by atoms with Gasteiger partial charge in [-0.2, -0.15) is 0 Å². The van der Waals surface area contributed by atoms with E-state index in [0.717, 1.165) is 12.1 Å². The molecule has 1 unspecified atom stereocenters. The number of alkyl halides is 1. The van der Waals surface area contributed by atoms with E-state index in [2.05, 4.69) is 4.72 Å². The predicted molar refractivity (Wildman–Crippen MR) is 68.1 cm³/mol. The van der Waals surface area contributed by atoms with Crippen molar-refractivity contribution in [3.63, 3.8) is 0 Å². The summed E-state index contributed by atoms with van der Waals surface area (Å²) in [7, 11) is -2.44. The molecule has 0 amide bonds. The summed E-state index contributed by atoms with van der Waals surface area (Å²) in [4.78, 5) is -0.314. The van der Waals surface area contributed by atoms with Crippen LogP contribution in [-0.4, -0.2) is 34.1 Å². The number of methoxy groups -OCH3 is 1. The second-order valence-electron chi connectivity index (χ2n) is 3.48. The molecule has 1 atom stereocenters. The number of halogens is 3. The lowest BCUT2D eigenvalue weighted by Crippen LogP contribution is -2.32. The van der Waals surface area contributed by atoms with E-state index in [1.54, 1.807) is 0 Å². The molecule has 0 bridgehead atoms. The highest BCUT2D eigenvalue weighted by molar-refractivity contribution is 7.89. The molecule has 0 spiro atoms. The summed E-state index contributed by atoms with van der Waals surface area (Å²) in [5.41, 5.74) is 0. The summed E-state index contributed by atoms with van der Waals surface area (Å²) < 4.78 is 43.7. The van der Waals surface area contributed by atoms with Crippen molar-refractivity contribution in [2.75, 3.05) is 20.3 Å². The van der Waals surface area contributed by atoms with Gasteiger partial charge in [-0.15, -0.1) is 11.6 Å². The second kappa shape index (κ2) is 6.68. The van der Waals surface area contributed by atoms with Gasteiger partial charge in [-0.3, -0.25) is 0 Å². The van der Waals surface area contributed by atoms with Crippen molar-refractivity contribution in [2.24, 2.45) is 0 Å². The van der Waals surface area contributed by atoms with Gasteiger partial charge in [0, 0.05) is 13.7 Å². The zero-order chi connectivity index (χ0) is 13.8. The van der Waals surface area contributed by atoms with Crippen molar-refractivity contribution in [1.29, 1.82) is 0 Å². The Labute approximate surface area is 115 Å². The molecule has 1 aromatic rings. The number of sulfonamides is 1. The number of ether oxygens (including phenoxy) is 1. The Kier molecular flexibility index (Phi) is 5.81.